The fourth-order valence-electron chi connectivity index (χ4n) is 2.86. The van der Waals surface area contributed by atoms with Gasteiger partial charge in [-0.25, -0.2) is 9.13 Å². The Kier molecular flexibility index (Phi) is 9.86. The van der Waals surface area contributed by atoms with Gasteiger partial charge in [-0.3, -0.25) is 4.57 Å². The molecule has 0 bridgehead atoms. The highest BCUT2D eigenvalue weighted by Crippen LogP contribution is 2.65. The maximum Gasteiger partial charge on any atom is 0.369 e. The summed E-state index contributed by atoms with van der Waals surface area (Å²) in [5, 5.41) is 6.33. The van der Waals surface area contributed by atoms with Gasteiger partial charge >= 0.3 is 7.60 Å². The van der Waals surface area contributed by atoms with Gasteiger partial charge in [0.25, 0.3) is 5.08 Å². The number of aromatic nitrogens is 2. The molecule has 9 nitrogen and oxygen atoms in total. The first-order valence-corrected chi connectivity index (χ1v) is 12.6. The molecule has 0 aliphatic heterocycles. The van der Waals surface area contributed by atoms with Crippen LogP contribution in [0.2, 0.25) is 0 Å². The van der Waals surface area contributed by atoms with Crippen molar-refractivity contribution in [1.82, 2.24) is 4.57 Å². The van der Waals surface area contributed by atoms with Crippen LogP contribution in [0.5, 0.6) is 0 Å². The number of imidazole rings is 1. The van der Waals surface area contributed by atoms with E-state index >= 15 is 0 Å². The van der Waals surface area contributed by atoms with Crippen molar-refractivity contribution in [3.05, 3.63) is 18.7 Å². The van der Waals surface area contributed by atoms with Crippen LogP contribution >= 0.6 is 15.2 Å². The van der Waals surface area contributed by atoms with E-state index in [4.69, 9.17) is 14.7 Å². The molecule has 0 aromatic carbocycles. The summed E-state index contributed by atoms with van der Waals surface area (Å²) in [6, 6.07) is 0. The van der Waals surface area contributed by atoms with E-state index < -0.39 is 26.8 Å². The summed E-state index contributed by atoms with van der Waals surface area (Å²) in [4.78, 5) is 38.6. The second kappa shape index (κ2) is 10.9. The van der Waals surface area contributed by atoms with Crippen LogP contribution in [0.4, 0.5) is 0 Å². The van der Waals surface area contributed by atoms with Gasteiger partial charge in [-0.1, -0.05) is 51.9 Å². The van der Waals surface area contributed by atoms with E-state index in [1.165, 1.54) is 51.0 Å². The topological polar surface area (TPSA) is 147 Å². The Hall–Kier alpha value is -0.530. The summed E-state index contributed by atoms with van der Waals surface area (Å²) in [6.45, 7) is 1.91. The summed E-state index contributed by atoms with van der Waals surface area (Å²) in [5.74, 6) is 0. The van der Waals surface area contributed by atoms with Crippen molar-refractivity contribution in [3.63, 3.8) is 0 Å². The molecule has 1 aromatic heterocycles. The summed E-state index contributed by atoms with van der Waals surface area (Å²) >= 11 is 0. The van der Waals surface area contributed by atoms with E-state index in [1.807, 2.05) is 0 Å². The van der Waals surface area contributed by atoms with Gasteiger partial charge in [0.2, 0.25) is 6.33 Å². The molecule has 0 saturated heterocycles. The zero-order valence-corrected chi connectivity index (χ0v) is 17.6. The second-order valence-electron chi connectivity index (χ2n) is 6.99. The molecule has 0 amide bonds. The van der Waals surface area contributed by atoms with Crippen LogP contribution in [-0.4, -0.2) is 29.4 Å². The van der Waals surface area contributed by atoms with Gasteiger partial charge in [0.05, 0.1) is 6.54 Å². The number of hydrogen-bond acceptors (Lipinski definition) is 4. The lowest BCUT2D eigenvalue weighted by Gasteiger charge is -2.34. The number of rotatable bonds is 14. The summed E-state index contributed by atoms with van der Waals surface area (Å²) in [7, 11) is -11.2. The van der Waals surface area contributed by atoms with Crippen LogP contribution in [0, 0.1) is 0 Å². The van der Waals surface area contributed by atoms with Crippen molar-refractivity contribution in [2.45, 2.75) is 82.9 Å². The van der Waals surface area contributed by atoms with Gasteiger partial charge in [0, 0.05) is 0 Å². The predicted molar refractivity (Wildman–Crippen MR) is 98.7 cm³/mol. The van der Waals surface area contributed by atoms with E-state index in [1.54, 1.807) is 10.8 Å². The third-order valence-corrected chi connectivity index (χ3v) is 8.24. The minimum absolute atomic E-state index is 0.672. The highest BCUT2D eigenvalue weighted by molar-refractivity contribution is 7.71. The van der Waals surface area contributed by atoms with Crippen molar-refractivity contribution >= 4 is 15.2 Å². The molecule has 11 heteroatoms. The molecule has 0 aliphatic rings. The maximum absolute atomic E-state index is 11.4. The molecule has 1 rings (SSSR count). The molecule has 0 saturated carbocycles. The lowest BCUT2D eigenvalue weighted by Crippen LogP contribution is -2.48. The number of hydrogen-bond donors (Lipinski definition) is 4. The van der Waals surface area contributed by atoms with Crippen molar-refractivity contribution in [3.8, 4) is 0 Å². The fraction of sp³-hybridized carbons (Fsp3) is 0.812. The molecular weight excluding hydrogens is 394 g/mol. The van der Waals surface area contributed by atoms with Gasteiger partial charge in [-0.2, -0.15) is 0 Å². The van der Waals surface area contributed by atoms with E-state index in [-0.39, 0.29) is 0 Å². The van der Waals surface area contributed by atoms with Crippen LogP contribution in [-0.2, 0) is 22.2 Å². The average molecular weight is 426 g/mol. The molecule has 2 atom stereocenters. The smallest absolute Gasteiger partial charge is 0.369 e. The zero-order valence-electron chi connectivity index (χ0n) is 15.8. The molecule has 0 spiro atoms. The number of nitrogens with zero attached hydrogens (tertiary/aromatic N) is 2. The van der Waals surface area contributed by atoms with E-state index in [0.29, 0.717) is 6.54 Å². The highest BCUT2D eigenvalue weighted by Gasteiger charge is 2.55. The number of unbranched alkanes of at least 4 members (excludes halogenated alkanes) is 8. The molecule has 158 valence electrons. The number of aryl methyl sites for hydroxylation is 1. The average Bonchev–Trinajstić information content (AvgIpc) is 2.98. The first kappa shape index (κ1) is 24.5. The highest BCUT2D eigenvalue weighted by atomic mass is 31.2. The van der Waals surface area contributed by atoms with Gasteiger partial charge < -0.3 is 29.2 Å². The minimum Gasteiger partial charge on any atom is -0.776 e. The molecule has 4 N–H and O–H groups in total. The fourth-order valence-corrected chi connectivity index (χ4v) is 4.87. The molecule has 1 aromatic rings. The first-order valence-electron chi connectivity index (χ1n) is 9.38. The van der Waals surface area contributed by atoms with E-state index in [9.17, 15) is 19.1 Å². The SMILES string of the molecule is CCCCCCCCCCCn1cc[n+](CC(O)(P(=O)([O-])O)P(=O)(O)O)c1. The molecule has 2 unspecified atom stereocenters. The minimum atomic E-state index is -5.70. The van der Waals surface area contributed by atoms with Gasteiger partial charge in [0.1, 0.15) is 18.9 Å². The van der Waals surface area contributed by atoms with Crippen LogP contribution in [0.25, 0.3) is 0 Å². The summed E-state index contributed by atoms with van der Waals surface area (Å²) in [6.07, 6.45) is 15.2. The molecule has 0 radical (unpaired) electrons. The molecule has 27 heavy (non-hydrogen) atoms. The Morgan fingerprint density at radius 1 is 1.00 bits per heavy atom. The van der Waals surface area contributed by atoms with Crippen LogP contribution in [0.15, 0.2) is 18.7 Å². The standard InChI is InChI=1S/C16H32N2O7P2/c1-2-3-4-5-6-7-8-9-10-11-17-12-13-18(15-17)14-16(19,26(20,21)22)27(23,24)25/h12-13,15,19H,2-11,14H2,1H3,(H3-,20,21,22,23,24,25). The molecule has 0 aliphatic carbocycles. The normalized spacial score (nSPS) is 16.8. The maximum atomic E-state index is 11.4. The summed E-state index contributed by atoms with van der Waals surface area (Å²) in [5.41, 5.74) is 0. The first-order chi connectivity index (χ1) is 12.5. The Balaban J connectivity index is 2.43. The molecule has 0 fully saturated rings. The van der Waals surface area contributed by atoms with E-state index in [2.05, 4.69) is 6.92 Å². The van der Waals surface area contributed by atoms with Crippen LogP contribution in [0.3, 0.4) is 0 Å². The van der Waals surface area contributed by atoms with Crippen molar-refractivity contribution < 1.29 is 38.4 Å². The van der Waals surface area contributed by atoms with Crippen LogP contribution < -0.4 is 9.46 Å². The zero-order chi connectivity index (χ0) is 20.6. The quantitative estimate of drug-likeness (QED) is 0.201. The largest absolute Gasteiger partial charge is 0.776 e. The summed E-state index contributed by atoms with van der Waals surface area (Å²) < 4.78 is 25.5. The van der Waals surface area contributed by atoms with Gasteiger partial charge in [0.15, 0.2) is 7.60 Å². The second-order valence-corrected chi connectivity index (χ2v) is 11.0. The monoisotopic (exact) mass is 426 g/mol. The Morgan fingerprint density at radius 3 is 2.00 bits per heavy atom. The lowest BCUT2D eigenvalue weighted by atomic mass is 10.1. The van der Waals surface area contributed by atoms with Crippen molar-refractivity contribution in [2.24, 2.45) is 0 Å². The Morgan fingerprint density at radius 2 is 1.52 bits per heavy atom. The third kappa shape index (κ3) is 7.78. The van der Waals surface area contributed by atoms with E-state index in [0.717, 1.165) is 23.8 Å². The lowest BCUT2D eigenvalue weighted by molar-refractivity contribution is -0.703. The van der Waals surface area contributed by atoms with Crippen molar-refractivity contribution in [2.75, 3.05) is 0 Å². The Labute approximate surface area is 160 Å². The predicted octanol–water partition coefficient (Wildman–Crippen LogP) is 1.68. The van der Waals surface area contributed by atoms with Gasteiger partial charge in [-0.05, 0) is 12.8 Å². The van der Waals surface area contributed by atoms with Crippen molar-refractivity contribution in [1.29, 1.82) is 0 Å². The number of aliphatic hydroxyl groups is 1. The molecular formula is C16H32N2O7P2. The third-order valence-electron chi connectivity index (χ3n) is 4.58. The van der Waals surface area contributed by atoms with Crippen LogP contribution in [0.1, 0.15) is 64.7 Å². The molecule has 1 heterocycles. The van der Waals surface area contributed by atoms with Gasteiger partial charge in [-0.15, -0.1) is 0 Å². The Bertz CT molecular complexity index is 631.